The molecule has 1 amide bonds. The molecule has 2 aromatic carbocycles. The summed E-state index contributed by atoms with van der Waals surface area (Å²) in [4.78, 5) is 14.2. The number of anilines is 1. The molecule has 0 bridgehead atoms. The zero-order valence-electron chi connectivity index (χ0n) is 15.2. The van der Waals surface area contributed by atoms with Crippen LogP contribution in [0.25, 0.3) is 0 Å². The fourth-order valence-corrected chi connectivity index (χ4v) is 4.50. The van der Waals surface area contributed by atoms with Gasteiger partial charge in [0.1, 0.15) is 4.90 Å². The molecule has 27 heavy (non-hydrogen) atoms. The molecule has 1 saturated heterocycles. The standard InChI is InChI=1S/C19H21ClN2O4S/c1-13-4-3-5-17(14(13)2)21-27(24,25)18-12-15(6-7-16(18)20)19(23)22-8-10-26-11-9-22/h3-7,12,21H,8-11H2,1-2H3. The number of nitrogens with zero attached hydrogens (tertiary/aromatic N) is 1. The molecular formula is C19H21ClN2O4S. The molecule has 2 aromatic rings. The summed E-state index contributed by atoms with van der Waals surface area (Å²) in [6, 6.07) is 9.68. The van der Waals surface area contributed by atoms with E-state index in [9.17, 15) is 13.2 Å². The van der Waals surface area contributed by atoms with Gasteiger partial charge in [0, 0.05) is 18.7 Å². The van der Waals surface area contributed by atoms with Crippen LogP contribution in [0.5, 0.6) is 0 Å². The highest BCUT2D eigenvalue weighted by Gasteiger charge is 2.24. The van der Waals surface area contributed by atoms with Crippen LogP contribution in [0.3, 0.4) is 0 Å². The number of amides is 1. The molecule has 1 aliphatic rings. The van der Waals surface area contributed by atoms with E-state index in [0.29, 0.717) is 32.0 Å². The van der Waals surface area contributed by atoms with Crippen LogP contribution in [0.2, 0.25) is 5.02 Å². The molecule has 0 spiro atoms. The molecule has 0 unspecified atom stereocenters. The minimum atomic E-state index is -3.95. The van der Waals surface area contributed by atoms with Gasteiger partial charge < -0.3 is 9.64 Å². The van der Waals surface area contributed by atoms with Gasteiger partial charge in [0.2, 0.25) is 0 Å². The lowest BCUT2D eigenvalue weighted by molar-refractivity contribution is 0.0302. The summed E-state index contributed by atoms with van der Waals surface area (Å²) in [6.45, 7) is 5.64. The lowest BCUT2D eigenvalue weighted by atomic mass is 10.1. The summed E-state index contributed by atoms with van der Waals surface area (Å²) in [5.74, 6) is -0.238. The second kappa shape index (κ2) is 7.88. The molecule has 0 radical (unpaired) electrons. The largest absolute Gasteiger partial charge is 0.378 e. The molecule has 1 aliphatic heterocycles. The zero-order chi connectivity index (χ0) is 19.6. The average molecular weight is 409 g/mol. The minimum absolute atomic E-state index is 0.0614. The van der Waals surface area contributed by atoms with Crippen molar-refractivity contribution in [1.29, 1.82) is 0 Å². The summed E-state index contributed by atoms with van der Waals surface area (Å²) in [5.41, 5.74) is 2.56. The number of carbonyl (C=O) groups is 1. The Bertz CT molecular complexity index is 970. The monoisotopic (exact) mass is 408 g/mol. The molecule has 3 rings (SSSR count). The topological polar surface area (TPSA) is 75.7 Å². The van der Waals surface area contributed by atoms with Crippen molar-refractivity contribution in [2.24, 2.45) is 0 Å². The second-order valence-electron chi connectivity index (χ2n) is 6.40. The number of hydrogen-bond acceptors (Lipinski definition) is 4. The first-order valence-electron chi connectivity index (χ1n) is 8.55. The van der Waals surface area contributed by atoms with E-state index in [1.54, 1.807) is 17.0 Å². The molecule has 6 nitrogen and oxygen atoms in total. The van der Waals surface area contributed by atoms with Crippen molar-refractivity contribution in [3.8, 4) is 0 Å². The third-order valence-corrected chi connectivity index (χ3v) is 6.46. The second-order valence-corrected chi connectivity index (χ2v) is 8.46. The summed E-state index contributed by atoms with van der Waals surface area (Å²) in [6.07, 6.45) is 0. The fraction of sp³-hybridized carbons (Fsp3) is 0.316. The Morgan fingerprint density at radius 1 is 1.15 bits per heavy atom. The van der Waals surface area contributed by atoms with Crippen LogP contribution in [0.15, 0.2) is 41.3 Å². The summed E-state index contributed by atoms with van der Waals surface area (Å²) >= 11 is 6.14. The maximum absolute atomic E-state index is 12.9. The number of morpholine rings is 1. The van der Waals surface area contributed by atoms with Crippen LogP contribution < -0.4 is 4.72 Å². The van der Waals surface area contributed by atoms with Crippen LogP contribution in [0.1, 0.15) is 21.5 Å². The number of hydrogen-bond donors (Lipinski definition) is 1. The normalized spacial score (nSPS) is 14.9. The van der Waals surface area contributed by atoms with Crippen LogP contribution in [-0.2, 0) is 14.8 Å². The van der Waals surface area contributed by atoms with Crippen molar-refractivity contribution in [2.75, 3.05) is 31.0 Å². The van der Waals surface area contributed by atoms with Crippen molar-refractivity contribution in [1.82, 2.24) is 4.90 Å². The molecule has 0 atom stereocenters. The van der Waals surface area contributed by atoms with Crippen LogP contribution in [0, 0.1) is 13.8 Å². The van der Waals surface area contributed by atoms with Crippen molar-refractivity contribution in [2.45, 2.75) is 18.7 Å². The van der Waals surface area contributed by atoms with Gasteiger partial charge in [-0.1, -0.05) is 23.7 Å². The third kappa shape index (κ3) is 4.26. The highest BCUT2D eigenvalue weighted by atomic mass is 35.5. The number of carbonyl (C=O) groups excluding carboxylic acids is 1. The Hall–Kier alpha value is -2.09. The number of halogens is 1. The van der Waals surface area contributed by atoms with E-state index in [2.05, 4.69) is 4.72 Å². The van der Waals surface area contributed by atoms with Gasteiger partial charge in [-0.15, -0.1) is 0 Å². The Morgan fingerprint density at radius 2 is 1.85 bits per heavy atom. The summed E-state index contributed by atoms with van der Waals surface area (Å²) in [7, 11) is -3.95. The summed E-state index contributed by atoms with van der Waals surface area (Å²) < 4.78 is 33.6. The van der Waals surface area contributed by atoms with Gasteiger partial charge >= 0.3 is 0 Å². The quantitative estimate of drug-likeness (QED) is 0.842. The van der Waals surface area contributed by atoms with Gasteiger partial charge in [-0.05, 0) is 49.2 Å². The van der Waals surface area contributed by atoms with Crippen LogP contribution in [0.4, 0.5) is 5.69 Å². The van der Waals surface area contributed by atoms with Gasteiger partial charge in [0.15, 0.2) is 0 Å². The minimum Gasteiger partial charge on any atom is -0.378 e. The number of ether oxygens (including phenoxy) is 1. The van der Waals surface area contributed by atoms with E-state index in [1.165, 1.54) is 18.2 Å². The van der Waals surface area contributed by atoms with Gasteiger partial charge in [-0.2, -0.15) is 0 Å². The van der Waals surface area contributed by atoms with Gasteiger partial charge in [0.25, 0.3) is 15.9 Å². The first-order chi connectivity index (χ1) is 12.8. The lowest BCUT2D eigenvalue weighted by Crippen LogP contribution is -2.40. The van der Waals surface area contributed by atoms with Gasteiger partial charge in [-0.3, -0.25) is 9.52 Å². The van der Waals surface area contributed by atoms with Gasteiger partial charge in [0.05, 0.1) is 23.9 Å². The molecule has 0 aliphatic carbocycles. The Labute approximate surface area is 164 Å². The number of aryl methyl sites for hydroxylation is 1. The molecule has 8 heteroatoms. The highest BCUT2D eigenvalue weighted by Crippen LogP contribution is 2.27. The first kappa shape index (κ1) is 19.7. The molecule has 0 aromatic heterocycles. The van der Waals surface area contributed by atoms with E-state index in [1.807, 2.05) is 19.9 Å². The maximum Gasteiger partial charge on any atom is 0.263 e. The Balaban J connectivity index is 1.93. The molecule has 1 N–H and O–H groups in total. The predicted molar refractivity (Wildman–Crippen MR) is 105 cm³/mol. The first-order valence-corrected chi connectivity index (χ1v) is 10.4. The predicted octanol–water partition coefficient (Wildman–Crippen LogP) is 3.23. The molecule has 144 valence electrons. The zero-order valence-corrected chi connectivity index (χ0v) is 16.7. The maximum atomic E-state index is 12.9. The molecular weight excluding hydrogens is 388 g/mol. The SMILES string of the molecule is Cc1cccc(NS(=O)(=O)c2cc(C(=O)N3CCOCC3)ccc2Cl)c1C. The van der Waals surface area contributed by atoms with E-state index in [4.69, 9.17) is 16.3 Å². The number of nitrogens with one attached hydrogen (secondary N) is 1. The number of sulfonamides is 1. The lowest BCUT2D eigenvalue weighted by Gasteiger charge is -2.27. The van der Waals surface area contributed by atoms with Crippen molar-refractivity contribution in [3.63, 3.8) is 0 Å². The Morgan fingerprint density at radius 3 is 2.56 bits per heavy atom. The van der Waals surface area contributed by atoms with E-state index < -0.39 is 10.0 Å². The van der Waals surface area contributed by atoms with E-state index in [0.717, 1.165) is 11.1 Å². The molecule has 1 heterocycles. The molecule has 1 fully saturated rings. The number of rotatable bonds is 4. The average Bonchev–Trinajstić information content (AvgIpc) is 2.66. The number of benzene rings is 2. The van der Waals surface area contributed by atoms with E-state index in [-0.39, 0.29) is 21.4 Å². The van der Waals surface area contributed by atoms with Crippen molar-refractivity contribution in [3.05, 3.63) is 58.1 Å². The van der Waals surface area contributed by atoms with Crippen molar-refractivity contribution >= 4 is 33.2 Å². The van der Waals surface area contributed by atoms with Crippen LogP contribution >= 0.6 is 11.6 Å². The fourth-order valence-electron chi connectivity index (χ4n) is 2.85. The van der Waals surface area contributed by atoms with E-state index >= 15 is 0 Å². The third-order valence-electron chi connectivity index (χ3n) is 4.61. The smallest absolute Gasteiger partial charge is 0.263 e. The van der Waals surface area contributed by atoms with Gasteiger partial charge in [-0.25, -0.2) is 8.42 Å². The summed E-state index contributed by atoms with van der Waals surface area (Å²) in [5, 5.41) is 0.0614. The Kier molecular flexibility index (Phi) is 5.74. The van der Waals surface area contributed by atoms with Crippen molar-refractivity contribution < 1.29 is 17.9 Å². The highest BCUT2D eigenvalue weighted by molar-refractivity contribution is 7.92. The molecule has 0 saturated carbocycles. The van der Waals surface area contributed by atoms with Crippen LogP contribution in [-0.4, -0.2) is 45.5 Å².